The van der Waals surface area contributed by atoms with Gasteiger partial charge >= 0.3 is 0 Å². The van der Waals surface area contributed by atoms with Crippen molar-refractivity contribution in [1.82, 2.24) is 5.32 Å². The zero-order chi connectivity index (χ0) is 17.9. The first-order valence-electron chi connectivity index (χ1n) is 8.83. The van der Waals surface area contributed by atoms with Crippen molar-refractivity contribution in [3.63, 3.8) is 0 Å². The van der Waals surface area contributed by atoms with Crippen LogP contribution < -0.4 is 15.4 Å². The molecule has 0 atom stereocenters. The van der Waals surface area contributed by atoms with E-state index in [1.54, 1.807) is 30.3 Å². The van der Waals surface area contributed by atoms with E-state index in [2.05, 4.69) is 10.6 Å². The Morgan fingerprint density at radius 2 is 2.00 bits per heavy atom. The average Bonchev–Trinajstić information content (AvgIpc) is 3.33. The highest BCUT2D eigenvalue weighted by molar-refractivity contribution is 6.03. The van der Waals surface area contributed by atoms with Gasteiger partial charge in [0, 0.05) is 29.8 Å². The van der Waals surface area contributed by atoms with Gasteiger partial charge in [0.2, 0.25) is 5.91 Å². The van der Waals surface area contributed by atoms with Crippen LogP contribution in [0.4, 0.5) is 5.69 Å². The Morgan fingerprint density at radius 3 is 2.85 bits per heavy atom. The first kappa shape index (κ1) is 16.4. The summed E-state index contributed by atoms with van der Waals surface area (Å²) in [5, 5.41) is 5.74. The van der Waals surface area contributed by atoms with Crippen molar-refractivity contribution >= 4 is 23.6 Å². The molecule has 2 aliphatic rings. The molecule has 1 fully saturated rings. The molecule has 2 amide bonds. The lowest BCUT2D eigenvalue weighted by Crippen LogP contribution is -2.25. The summed E-state index contributed by atoms with van der Waals surface area (Å²) in [6.45, 7) is 0.716. The summed E-state index contributed by atoms with van der Waals surface area (Å²) in [5.74, 6) is 0.592. The van der Waals surface area contributed by atoms with Crippen molar-refractivity contribution in [3.05, 3.63) is 65.2 Å². The number of ether oxygens (including phenoxy) is 1. The Kier molecular flexibility index (Phi) is 4.44. The van der Waals surface area contributed by atoms with Gasteiger partial charge in [-0.1, -0.05) is 12.1 Å². The first-order valence-corrected chi connectivity index (χ1v) is 8.83. The fourth-order valence-corrected chi connectivity index (χ4v) is 2.90. The Hall–Kier alpha value is -3.08. The molecule has 26 heavy (non-hydrogen) atoms. The molecule has 4 rings (SSSR count). The highest BCUT2D eigenvalue weighted by Crippen LogP contribution is 2.26. The number of amides is 2. The molecule has 1 saturated carbocycles. The number of fused-ring (bicyclic) bond motifs is 1. The van der Waals surface area contributed by atoms with Crippen molar-refractivity contribution in [2.45, 2.75) is 25.3 Å². The van der Waals surface area contributed by atoms with E-state index in [1.807, 2.05) is 18.2 Å². The van der Waals surface area contributed by atoms with Crippen LogP contribution in [0, 0.1) is 0 Å². The monoisotopic (exact) mass is 348 g/mol. The third-order valence-corrected chi connectivity index (χ3v) is 4.45. The maximum absolute atomic E-state index is 12.2. The van der Waals surface area contributed by atoms with Gasteiger partial charge in [0.15, 0.2) is 0 Å². The van der Waals surface area contributed by atoms with Crippen LogP contribution >= 0.6 is 0 Å². The van der Waals surface area contributed by atoms with Crippen LogP contribution in [0.1, 0.15) is 34.3 Å². The molecular weight excluding hydrogens is 328 g/mol. The summed E-state index contributed by atoms with van der Waals surface area (Å²) < 4.78 is 5.48. The van der Waals surface area contributed by atoms with Crippen molar-refractivity contribution < 1.29 is 14.3 Å². The molecule has 0 aromatic heterocycles. The molecular formula is C21H20N2O3. The minimum Gasteiger partial charge on any atom is -0.493 e. The van der Waals surface area contributed by atoms with Crippen molar-refractivity contribution in [3.8, 4) is 5.75 Å². The molecule has 0 bridgehead atoms. The lowest BCUT2D eigenvalue weighted by atomic mass is 10.1. The van der Waals surface area contributed by atoms with E-state index in [4.69, 9.17) is 4.74 Å². The fourth-order valence-electron chi connectivity index (χ4n) is 2.90. The number of hydrogen-bond donors (Lipinski definition) is 2. The predicted octanol–water partition coefficient (Wildman–Crippen LogP) is 3.17. The number of rotatable bonds is 5. The van der Waals surface area contributed by atoms with Crippen molar-refractivity contribution in [2.24, 2.45) is 0 Å². The minimum atomic E-state index is -0.235. The number of carbonyl (C=O) groups is 2. The molecule has 2 aromatic rings. The van der Waals surface area contributed by atoms with Gasteiger partial charge in [0.25, 0.3) is 5.91 Å². The largest absolute Gasteiger partial charge is 0.493 e. The van der Waals surface area contributed by atoms with Crippen LogP contribution in [-0.2, 0) is 11.2 Å². The third kappa shape index (κ3) is 3.94. The fraction of sp³-hybridized carbons (Fsp3) is 0.238. The number of carbonyl (C=O) groups excluding carboxylic acids is 2. The minimum absolute atomic E-state index is 0.0977. The van der Waals surface area contributed by atoms with Gasteiger partial charge in [-0.05, 0) is 60.4 Å². The standard InChI is InChI=1S/C21H20N2O3/c24-20(9-5-14-4-8-19-15(12-14)10-11-26-19)22-18-3-1-2-16(13-18)21(25)23-17-6-7-17/h1-5,8-9,12-13,17H,6-7,10-11H2,(H,22,24)(H,23,25). The Balaban J connectivity index is 1.39. The lowest BCUT2D eigenvalue weighted by Gasteiger charge is -2.06. The third-order valence-electron chi connectivity index (χ3n) is 4.45. The average molecular weight is 348 g/mol. The van der Waals surface area contributed by atoms with Gasteiger partial charge < -0.3 is 15.4 Å². The van der Waals surface area contributed by atoms with Gasteiger partial charge in [0.1, 0.15) is 5.75 Å². The number of anilines is 1. The number of hydrogen-bond acceptors (Lipinski definition) is 3. The summed E-state index contributed by atoms with van der Waals surface area (Å²) in [6.07, 6.45) is 6.26. The van der Waals surface area contributed by atoms with E-state index in [9.17, 15) is 9.59 Å². The zero-order valence-electron chi connectivity index (χ0n) is 14.3. The highest BCUT2D eigenvalue weighted by atomic mass is 16.5. The van der Waals surface area contributed by atoms with Crippen molar-refractivity contribution in [1.29, 1.82) is 0 Å². The number of benzene rings is 2. The topological polar surface area (TPSA) is 67.4 Å². The molecule has 1 aliphatic carbocycles. The zero-order valence-corrected chi connectivity index (χ0v) is 14.3. The molecule has 1 heterocycles. The quantitative estimate of drug-likeness (QED) is 0.816. The summed E-state index contributed by atoms with van der Waals surface area (Å²) in [4.78, 5) is 24.3. The predicted molar refractivity (Wildman–Crippen MR) is 100 cm³/mol. The second-order valence-electron chi connectivity index (χ2n) is 6.62. The summed E-state index contributed by atoms with van der Waals surface area (Å²) in [5.41, 5.74) is 3.28. The van der Waals surface area contributed by atoms with Gasteiger partial charge in [-0.3, -0.25) is 9.59 Å². The Labute approximate surface area is 152 Å². The highest BCUT2D eigenvalue weighted by Gasteiger charge is 2.23. The van der Waals surface area contributed by atoms with E-state index in [-0.39, 0.29) is 11.8 Å². The van der Waals surface area contributed by atoms with E-state index in [1.165, 1.54) is 11.6 Å². The molecule has 0 radical (unpaired) electrons. The molecule has 0 saturated heterocycles. The van der Waals surface area contributed by atoms with Gasteiger partial charge in [0.05, 0.1) is 6.61 Å². The van der Waals surface area contributed by atoms with Gasteiger partial charge in [-0.15, -0.1) is 0 Å². The van der Waals surface area contributed by atoms with E-state index in [0.717, 1.165) is 30.6 Å². The first-order chi connectivity index (χ1) is 12.7. The Morgan fingerprint density at radius 1 is 1.12 bits per heavy atom. The Bertz CT molecular complexity index is 885. The molecule has 0 spiro atoms. The van der Waals surface area contributed by atoms with Crippen LogP contribution in [0.15, 0.2) is 48.5 Å². The second kappa shape index (κ2) is 7.04. The molecule has 5 nitrogen and oxygen atoms in total. The van der Waals surface area contributed by atoms with Crippen LogP contribution in [0.3, 0.4) is 0 Å². The van der Waals surface area contributed by atoms with Crippen LogP contribution in [0.25, 0.3) is 6.08 Å². The molecule has 1 aliphatic heterocycles. The molecule has 132 valence electrons. The summed E-state index contributed by atoms with van der Waals surface area (Å²) in [7, 11) is 0. The summed E-state index contributed by atoms with van der Waals surface area (Å²) in [6, 6.07) is 13.2. The SMILES string of the molecule is O=C(C=Cc1ccc2c(c1)CCO2)Nc1cccc(C(=O)NC2CC2)c1. The molecule has 0 unspecified atom stereocenters. The van der Waals surface area contributed by atoms with Gasteiger partial charge in [-0.25, -0.2) is 0 Å². The molecule has 5 heteroatoms. The maximum Gasteiger partial charge on any atom is 0.251 e. The maximum atomic E-state index is 12.2. The lowest BCUT2D eigenvalue weighted by molar-refractivity contribution is -0.111. The normalized spacial score (nSPS) is 15.4. The molecule has 2 N–H and O–H groups in total. The van der Waals surface area contributed by atoms with Crippen LogP contribution in [0.2, 0.25) is 0 Å². The van der Waals surface area contributed by atoms with E-state index in [0.29, 0.717) is 23.9 Å². The summed E-state index contributed by atoms with van der Waals surface area (Å²) >= 11 is 0. The second-order valence-corrected chi connectivity index (χ2v) is 6.62. The van der Waals surface area contributed by atoms with E-state index < -0.39 is 0 Å². The van der Waals surface area contributed by atoms with Crippen molar-refractivity contribution in [2.75, 3.05) is 11.9 Å². The molecule has 2 aromatic carbocycles. The smallest absolute Gasteiger partial charge is 0.251 e. The van der Waals surface area contributed by atoms with Crippen LogP contribution in [-0.4, -0.2) is 24.5 Å². The number of nitrogens with one attached hydrogen (secondary N) is 2. The van der Waals surface area contributed by atoms with Crippen LogP contribution in [0.5, 0.6) is 5.75 Å². The van der Waals surface area contributed by atoms with Gasteiger partial charge in [-0.2, -0.15) is 0 Å². The van der Waals surface area contributed by atoms with E-state index >= 15 is 0 Å².